The highest BCUT2D eigenvalue weighted by Gasteiger charge is 2.24. The summed E-state index contributed by atoms with van der Waals surface area (Å²) in [4.78, 5) is 0. The molecule has 65 valence electrons. The number of benzene rings is 1. The van der Waals surface area contributed by atoms with Crippen molar-refractivity contribution in [2.45, 2.75) is 19.6 Å². The van der Waals surface area contributed by atoms with Gasteiger partial charge in [-0.1, -0.05) is 19.6 Å². The summed E-state index contributed by atoms with van der Waals surface area (Å²) in [5, 5.41) is 0.265. The maximum absolute atomic E-state index is 13.1. The summed E-state index contributed by atoms with van der Waals surface area (Å²) in [6, 6.07) is 4.80. The molecule has 0 amide bonds. The van der Waals surface area contributed by atoms with Crippen molar-refractivity contribution in [2.75, 3.05) is 0 Å². The minimum absolute atomic E-state index is 0.265. The first kappa shape index (κ1) is 9.39. The number of hydrogen-bond acceptors (Lipinski definition) is 0. The topological polar surface area (TPSA) is 0 Å². The van der Waals surface area contributed by atoms with E-state index in [0.717, 1.165) is 0 Å². The van der Waals surface area contributed by atoms with Crippen molar-refractivity contribution in [3.63, 3.8) is 0 Å². The van der Waals surface area contributed by atoms with E-state index in [-0.39, 0.29) is 5.19 Å². The van der Waals surface area contributed by atoms with Gasteiger partial charge in [0.2, 0.25) is 0 Å². The van der Waals surface area contributed by atoms with Gasteiger partial charge in [0.1, 0.15) is 11.6 Å². The lowest BCUT2D eigenvalue weighted by Gasteiger charge is -2.17. The van der Waals surface area contributed by atoms with E-state index >= 15 is 0 Å². The Hall–Kier alpha value is -0.703. The zero-order valence-corrected chi connectivity index (χ0v) is 8.41. The summed E-state index contributed by atoms with van der Waals surface area (Å²) in [7, 11) is -1.89. The second kappa shape index (κ2) is 2.97. The Bertz CT molecular complexity index is 269. The van der Waals surface area contributed by atoms with E-state index in [0.29, 0.717) is 0 Å². The van der Waals surface area contributed by atoms with Crippen LogP contribution in [0.1, 0.15) is 0 Å². The van der Waals surface area contributed by atoms with Gasteiger partial charge in [-0.3, -0.25) is 0 Å². The molecular weight excluding hydrogens is 174 g/mol. The summed E-state index contributed by atoms with van der Waals surface area (Å²) < 4.78 is 26.2. The summed E-state index contributed by atoms with van der Waals surface area (Å²) in [5.74, 6) is -0.927. The highest BCUT2D eigenvalue weighted by molar-refractivity contribution is 6.88. The third-order valence-electron chi connectivity index (χ3n) is 1.65. The van der Waals surface area contributed by atoms with Crippen LogP contribution in [0.2, 0.25) is 19.6 Å². The third kappa shape index (κ3) is 1.72. The Morgan fingerprint density at radius 2 is 1.50 bits per heavy atom. The second-order valence-corrected chi connectivity index (χ2v) is 8.78. The fourth-order valence-corrected chi connectivity index (χ4v) is 2.74. The average Bonchev–Trinajstić information content (AvgIpc) is 1.82. The molecule has 0 atom stereocenters. The van der Waals surface area contributed by atoms with E-state index in [9.17, 15) is 8.78 Å². The number of halogens is 2. The van der Waals surface area contributed by atoms with Gasteiger partial charge in [-0.2, -0.15) is 0 Å². The molecule has 0 fully saturated rings. The molecule has 0 bridgehead atoms. The van der Waals surface area contributed by atoms with Gasteiger partial charge < -0.3 is 0 Å². The van der Waals surface area contributed by atoms with Crippen LogP contribution in [-0.4, -0.2) is 8.07 Å². The molecule has 0 aliphatic rings. The molecular formula is C9H11F2Si. The first-order valence-electron chi connectivity index (χ1n) is 3.78. The largest absolute Gasteiger partial charge is 0.207 e. The normalized spacial score (nSPS) is 11.8. The summed E-state index contributed by atoms with van der Waals surface area (Å²) in [6.45, 7) is 5.73. The van der Waals surface area contributed by atoms with Crippen molar-refractivity contribution in [3.05, 3.63) is 29.8 Å². The molecule has 0 unspecified atom stereocenters. The van der Waals surface area contributed by atoms with Crippen molar-refractivity contribution < 1.29 is 8.78 Å². The fourth-order valence-electron chi connectivity index (χ4n) is 1.16. The lowest BCUT2D eigenvalue weighted by atomic mass is 10.3. The Labute approximate surface area is 72.2 Å². The zero-order chi connectivity index (χ0) is 9.35. The van der Waals surface area contributed by atoms with Gasteiger partial charge >= 0.3 is 0 Å². The molecule has 0 saturated carbocycles. The molecule has 3 heteroatoms. The highest BCUT2D eigenvalue weighted by atomic mass is 28.3. The first-order valence-corrected chi connectivity index (χ1v) is 7.28. The molecule has 0 aromatic heterocycles. The van der Waals surface area contributed by atoms with Crippen molar-refractivity contribution in [1.82, 2.24) is 0 Å². The van der Waals surface area contributed by atoms with Crippen molar-refractivity contribution in [2.24, 2.45) is 0 Å². The maximum Gasteiger partial charge on any atom is 0.125 e. The van der Waals surface area contributed by atoms with Crippen LogP contribution in [-0.2, 0) is 0 Å². The van der Waals surface area contributed by atoms with Crippen LogP contribution in [0, 0.1) is 17.7 Å². The molecule has 0 N–H and O–H groups in total. The van der Waals surface area contributed by atoms with E-state index < -0.39 is 19.7 Å². The molecule has 0 saturated heterocycles. The summed E-state index contributed by atoms with van der Waals surface area (Å²) in [6.07, 6.45) is 0. The highest BCUT2D eigenvalue weighted by Crippen LogP contribution is 2.08. The van der Waals surface area contributed by atoms with Crippen LogP contribution in [0.25, 0.3) is 0 Å². The van der Waals surface area contributed by atoms with E-state index in [1.54, 1.807) is 0 Å². The predicted octanol–water partition coefficient (Wildman–Crippen LogP) is 2.31. The molecule has 0 nitrogen and oxygen atoms in total. The maximum atomic E-state index is 13.1. The minimum Gasteiger partial charge on any atom is -0.207 e. The third-order valence-corrected chi connectivity index (χ3v) is 3.63. The Morgan fingerprint density at radius 3 is 1.75 bits per heavy atom. The van der Waals surface area contributed by atoms with Gasteiger partial charge in [0.15, 0.2) is 0 Å². The van der Waals surface area contributed by atoms with E-state index in [4.69, 9.17) is 0 Å². The average molecular weight is 185 g/mol. The van der Waals surface area contributed by atoms with Gasteiger partial charge in [-0.05, 0) is 18.2 Å². The van der Waals surface area contributed by atoms with E-state index in [2.05, 4.69) is 6.07 Å². The minimum atomic E-state index is -1.89. The van der Waals surface area contributed by atoms with E-state index in [1.807, 2.05) is 19.6 Å². The van der Waals surface area contributed by atoms with E-state index in [1.165, 1.54) is 12.1 Å². The van der Waals surface area contributed by atoms with Crippen LogP contribution in [0.5, 0.6) is 0 Å². The van der Waals surface area contributed by atoms with Gasteiger partial charge in [0.25, 0.3) is 0 Å². The molecule has 0 heterocycles. The predicted molar refractivity (Wildman–Crippen MR) is 48.2 cm³/mol. The van der Waals surface area contributed by atoms with Crippen LogP contribution in [0.3, 0.4) is 0 Å². The Morgan fingerprint density at radius 1 is 1.08 bits per heavy atom. The van der Waals surface area contributed by atoms with Gasteiger partial charge in [0.05, 0.1) is 8.07 Å². The van der Waals surface area contributed by atoms with Gasteiger partial charge in [0, 0.05) is 5.19 Å². The van der Waals surface area contributed by atoms with Crippen molar-refractivity contribution in [1.29, 1.82) is 0 Å². The lowest BCUT2D eigenvalue weighted by Crippen LogP contribution is -2.42. The standard InChI is InChI=1S/C9H11F2Si/c1-12(2,3)9-7(10)5-4-6-8(9)11/h5-6H,1-3H3. The number of rotatable bonds is 1. The van der Waals surface area contributed by atoms with Crippen LogP contribution < -0.4 is 5.19 Å². The Balaban J connectivity index is 3.31. The quantitative estimate of drug-likeness (QED) is 0.589. The lowest BCUT2D eigenvalue weighted by molar-refractivity contribution is 0.595. The van der Waals surface area contributed by atoms with Gasteiger partial charge in [-0.15, -0.1) is 0 Å². The molecule has 1 aromatic carbocycles. The molecule has 1 rings (SSSR count). The first-order chi connectivity index (χ1) is 5.43. The second-order valence-electron chi connectivity index (χ2n) is 3.78. The molecule has 0 aliphatic carbocycles. The van der Waals surface area contributed by atoms with Crippen molar-refractivity contribution in [3.8, 4) is 0 Å². The SMILES string of the molecule is C[Si](C)(C)c1c(F)c[c]cc1F. The fraction of sp³-hybridized carbons (Fsp3) is 0.333. The molecule has 1 aromatic rings. The van der Waals surface area contributed by atoms with Crippen LogP contribution in [0.15, 0.2) is 12.1 Å². The monoisotopic (exact) mass is 185 g/mol. The summed E-state index contributed by atoms with van der Waals surface area (Å²) in [5.41, 5.74) is 0. The zero-order valence-electron chi connectivity index (χ0n) is 7.41. The van der Waals surface area contributed by atoms with Gasteiger partial charge in [-0.25, -0.2) is 8.78 Å². The Kier molecular flexibility index (Phi) is 2.33. The van der Waals surface area contributed by atoms with Crippen LogP contribution in [0.4, 0.5) is 8.78 Å². The molecule has 12 heavy (non-hydrogen) atoms. The smallest absolute Gasteiger partial charge is 0.125 e. The molecule has 0 aliphatic heterocycles. The van der Waals surface area contributed by atoms with Crippen LogP contribution >= 0.6 is 0 Å². The number of hydrogen-bond donors (Lipinski definition) is 0. The summed E-state index contributed by atoms with van der Waals surface area (Å²) >= 11 is 0. The molecule has 0 spiro atoms. The molecule has 1 radical (unpaired) electrons. The van der Waals surface area contributed by atoms with Crippen molar-refractivity contribution >= 4 is 13.3 Å².